The number of rotatable bonds is 4. The van der Waals surface area contributed by atoms with Gasteiger partial charge in [-0.1, -0.05) is 12.1 Å². The molecule has 2 N–H and O–H groups in total. The molecule has 5 nitrogen and oxygen atoms in total. The van der Waals surface area contributed by atoms with E-state index in [0.29, 0.717) is 11.3 Å². The molecule has 2 amide bonds. The molecule has 0 heterocycles. The zero-order valence-electron chi connectivity index (χ0n) is 11.7. The van der Waals surface area contributed by atoms with Crippen LogP contribution in [0.4, 0.5) is 18.9 Å². The van der Waals surface area contributed by atoms with Crippen LogP contribution in [0.25, 0.3) is 0 Å². The highest BCUT2D eigenvalue weighted by Crippen LogP contribution is 2.28. The number of benzene rings is 1. The lowest BCUT2D eigenvalue weighted by atomic mass is 10.1. The van der Waals surface area contributed by atoms with Crippen LogP contribution in [0.1, 0.15) is 25.3 Å². The summed E-state index contributed by atoms with van der Waals surface area (Å²) < 4.78 is 36.6. The van der Waals surface area contributed by atoms with Gasteiger partial charge in [0.2, 0.25) is 5.91 Å². The van der Waals surface area contributed by atoms with Crippen LogP contribution in [0.3, 0.4) is 0 Å². The number of halogens is 3. The van der Waals surface area contributed by atoms with Crippen LogP contribution in [-0.4, -0.2) is 23.7 Å². The number of alkyl halides is 3. The molecule has 0 aliphatic heterocycles. The van der Waals surface area contributed by atoms with Gasteiger partial charge >= 0.3 is 12.1 Å². The summed E-state index contributed by atoms with van der Waals surface area (Å²) in [5.74, 6) is -2.20. The topological polar surface area (TPSA) is 70.6 Å². The largest absolute Gasteiger partial charge is 0.471 e. The summed E-state index contributed by atoms with van der Waals surface area (Å²) in [7, 11) is 0. The number of nitrogens with zero attached hydrogens (tertiary/aromatic N) is 1. The van der Waals surface area contributed by atoms with Crippen molar-refractivity contribution in [3.8, 4) is 0 Å². The molecule has 8 heteroatoms. The molecule has 1 aromatic rings. The van der Waals surface area contributed by atoms with Crippen molar-refractivity contribution in [2.24, 2.45) is 11.0 Å². The normalized spacial score (nSPS) is 15.4. The summed E-state index contributed by atoms with van der Waals surface area (Å²) in [5, 5.41) is 5.67. The maximum Gasteiger partial charge on any atom is 0.471 e. The fourth-order valence-electron chi connectivity index (χ4n) is 1.66. The fraction of sp³-hybridized carbons (Fsp3) is 0.357. The van der Waals surface area contributed by atoms with Gasteiger partial charge in [0.15, 0.2) is 0 Å². The predicted octanol–water partition coefficient (Wildman–Crippen LogP) is 2.44. The Hall–Kier alpha value is -2.38. The number of carbonyl (C=O) groups is 2. The zero-order valence-corrected chi connectivity index (χ0v) is 11.7. The van der Waals surface area contributed by atoms with Crippen LogP contribution < -0.4 is 10.7 Å². The fourth-order valence-corrected chi connectivity index (χ4v) is 1.66. The first-order chi connectivity index (χ1) is 10.3. The third-order valence-electron chi connectivity index (χ3n) is 3.08. The first-order valence-electron chi connectivity index (χ1n) is 6.60. The summed E-state index contributed by atoms with van der Waals surface area (Å²) in [6.45, 7) is 1.61. The van der Waals surface area contributed by atoms with Crippen molar-refractivity contribution in [1.29, 1.82) is 0 Å². The summed E-state index contributed by atoms with van der Waals surface area (Å²) in [5.41, 5.74) is 3.34. The van der Waals surface area contributed by atoms with Crippen LogP contribution in [0.5, 0.6) is 0 Å². The van der Waals surface area contributed by atoms with Crippen molar-refractivity contribution in [2.45, 2.75) is 25.9 Å². The van der Waals surface area contributed by atoms with E-state index in [0.717, 1.165) is 12.8 Å². The quantitative estimate of drug-likeness (QED) is 0.662. The van der Waals surface area contributed by atoms with Crippen LogP contribution in [0.15, 0.2) is 29.4 Å². The van der Waals surface area contributed by atoms with Crippen LogP contribution >= 0.6 is 0 Å². The number of hydrogen-bond acceptors (Lipinski definition) is 3. The minimum absolute atomic E-state index is 0.00268. The molecule has 0 spiro atoms. The Morgan fingerprint density at radius 3 is 2.55 bits per heavy atom. The number of amides is 2. The van der Waals surface area contributed by atoms with Gasteiger partial charge in [0.1, 0.15) is 0 Å². The molecule has 0 unspecified atom stereocenters. The first-order valence-corrected chi connectivity index (χ1v) is 6.60. The highest BCUT2D eigenvalue weighted by molar-refractivity contribution is 6.01. The number of hydrogen-bond donors (Lipinski definition) is 2. The van der Waals surface area contributed by atoms with Crippen molar-refractivity contribution < 1.29 is 22.8 Å². The van der Waals surface area contributed by atoms with E-state index in [1.165, 1.54) is 18.2 Å². The lowest BCUT2D eigenvalue weighted by Gasteiger charge is -2.09. The second-order valence-corrected chi connectivity index (χ2v) is 4.98. The average molecular weight is 313 g/mol. The molecule has 0 saturated heterocycles. The third-order valence-corrected chi connectivity index (χ3v) is 3.08. The van der Waals surface area contributed by atoms with Gasteiger partial charge in [-0.15, -0.1) is 0 Å². The van der Waals surface area contributed by atoms with Crippen molar-refractivity contribution in [2.75, 3.05) is 5.32 Å². The highest BCUT2D eigenvalue weighted by Gasteiger charge is 2.38. The van der Waals surface area contributed by atoms with Gasteiger partial charge in [-0.3, -0.25) is 9.59 Å². The third kappa shape index (κ3) is 4.31. The Morgan fingerprint density at radius 1 is 1.27 bits per heavy atom. The van der Waals surface area contributed by atoms with Crippen molar-refractivity contribution in [3.63, 3.8) is 0 Å². The SMILES string of the molecule is C/C(=N/NC(=O)C1CC1)c1cccc(NC(=O)C(F)(F)F)c1. The van der Waals surface area contributed by atoms with Gasteiger partial charge in [-0.05, 0) is 37.5 Å². The van der Waals surface area contributed by atoms with Gasteiger partial charge in [0.25, 0.3) is 0 Å². The Kier molecular flexibility index (Phi) is 4.48. The van der Waals surface area contributed by atoms with E-state index in [1.807, 2.05) is 0 Å². The van der Waals surface area contributed by atoms with Crippen LogP contribution in [0.2, 0.25) is 0 Å². The molecule has 1 aromatic carbocycles. The highest BCUT2D eigenvalue weighted by atomic mass is 19.4. The van der Waals surface area contributed by atoms with Crippen molar-refractivity contribution in [1.82, 2.24) is 5.43 Å². The molecular formula is C14H14F3N3O2. The zero-order chi connectivity index (χ0) is 16.3. The number of nitrogens with one attached hydrogen (secondary N) is 2. The molecule has 0 radical (unpaired) electrons. The van der Waals surface area contributed by atoms with Gasteiger partial charge in [0, 0.05) is 11.6 Å². The first kappa shape index (κ1) is 16.0. The van der Waals surface area contributed by atoms with Crippen molar-refractivity contribution >= 4 is 23.2 Å². The summed E-state index contributed by atoms with van der Waals surface area (Å²) >= 11 is 0. The van der Waals surface area contributed by atoms with E-state index in [-0.39, 0.29) is 17.5 Å². The summed E-state index contributed by atoms with van der Waals surface area (Å²) in [6.07, 6.45) is -3.25. The smallest absolute Gasteiger partial charge is 0.318 e. The lowest BCUT2D eigenvalue weighted by molar-refractivity contribution is -0.167. The molecule has 22 heavy (non-hydrogen) atoms. The maximum absolute atomic E-state index is 12.2. The van der Waals surface area contributed by atoms with E-state index >= 15 is 0 Å². The molecule has 118 valence electrons. The van der Waals surface area contributed by atoms with Gasteiger partial charge in [-0.2, -0.15) is 18.3 Å². The Morgan fingerprint density at radius 2 is 1.95 bits per heavy atom. The Labute approximate surface area is 124 Å². The maximum atomic E-state index is 12.2. The molecule has 2 rings (SSSR count). The van der Waals surface area contributed by atoms with E-state index in [2.05, 4.69) is 10.5 Å². The monoisotopic (exact) mass is 313 g/mol. The van der Waals surface area contributed by atoms with Gasteiger partial charge in [0.05, 0.1) is 5.71 Å². The Bertz CT molecular complexity index is 622. The predicted molar refractivity (Wildman–Crippen MR) is 74.2 cm³/mol. The molecule has 1 fully saturated rings. The minimum atomic E-state index is -4.95. The second kappa shape index (κ2) is 6.17. The van der Waals surface area contributed by atoms with E-state index in [4.69, 9.17) is 0 Å². The average Bonchev–Trinajstić information content (AvgIpc) is 3.28. The molecule has 0 aromatic heterocycles. The second-order valence-electron chi connectivity index (χ2n) is 4.98. The summed E-state index contributed by atoms with van der Waals surface area (Å²) in [6, 6.07) is 5.80. The number of carbonyl (C=O) groups excluding carboxylic acids is 2. The van der Waals surface area contributed by atoms with E-state index in [9.17, 15) is 22.8 Å². The lowest BCUT2D eigenvalue weighted by Crippen LogP contribution is -2.30. The minimum Gasteiger partial charge on any atom is -0.318 e. The molecule has 1 aliphatic rings. The van der Waals surface area contributed by atoms with E-state index < -0.39 is 12.1 Å². The molecule has 1 saturated carbocycles. The van der Waals surface area contributed by atoms with E-state index in [1.54, 1.807) is 18.3 Å². The molecular weight excluding hydrogens is 299 g/mol. The number of anilines is 1. The van der Waals surface area contributed by atoms with Gasteiger partial charge < -0.3 is 5.32 Å². The number of hydrazone groups is 1. The van der Waals surface area contributed by atoms with Crippen LogP contribution in [-0.2, 0) is 9.59 Å². The standard InChI is InChI=1S/C14H14F3N3O2/c1-8(19-20-12(21)9-5-6-9)10-3-2-4-11(7-10)18-13(22)14(15,16)17/h2-4,7,9H,5-6H2,1H3,(H,18,22)(H,20,21)/b19-8-. The Balaban J connectivity index is 2.05. The molecule has 0 atom stereocenters. The molecule has 1 aliphatic carbocycles. The van der Waals surface area contributed by atoms with Crippen LogP contribution in [0, 0.1) is 5.92 Å². The molecule has 0 bridgehead atoms. The van der Waals surface area contributed by atoms with Gasteiger partial charge in [-0.25, -0.2) is 5.43 Å². The summed E-state index contributed by atoms with van der Waals surface area (Å²) in [4.78, 5) is 22.4. The van der Waals surface area contributed by atoms with Crippen molar-refractivity contribution in [3.05, 3.63) is 29.8 Å².